The fourth-order valence-corrected chi connectivity index (χ4v) is 3.57. The molecule has 0 aliphatic heterocycles. The number of carbonyl (C=O) groups excluding carboxylic acids is 1. The molecule has 4 nitrogen and oxygen atoms in total. The van der Waals surface area contributed by atoms with Crippen molar-refractivity contribution in [3.8, 4) is 21.8 Å². The van der Waals surface area contributed by atoms with Gasteiger partial charge in [0, 0.05) is 34.6 Å². The van der Waals surface area contributed by atoms with Gasteiger partial charge in [-0.1, -0.05) is 42.5 Å². The van der Waals surface area contributed by atoms with Gasteiger partial charge in [-0.05, 0) is 29.8 Å². The lowest BCUT2D eigenvalue weighted by molar-refractivity contribution is -0.115. The Bertz CT molecular complexity index is 1030. The van der Waals surface area contributed by atoms with Crippen LogP contribution in [-0.4, -0.2) is 15.9 Å². The minimum atomic E-state index is -0.0254. The van der Waals surface area contributed by atoms with Crippen molar-refractivity contribution < 1.29 is 4.79 Å². The van der Waals surface area contributed by atoms with Crippen LogP contribution >= 0.6 is 11.3 Å². The number of benzene rings is 2. The molecule has 0 fully saturated rings. The Labute approximate surface area is 161 Å². The molecule has 0 radical (unpaired) electrons. The normalized spacial score (nSPS) is 10.5. The van der Waals surface area contributed by atoms with E-state index in [-0.39, 0.29) is 5.91 Å². The summed E-state index contributed by atoms with van der Waals surface area (Å²) >= 11 is 1.61. The van der Waals surface area contributed by atoms with Crippen LogP contribution in [0.25, 0.3) is 21.8 Å². The third kappa shape index (κ3) is 4.27. The van der Waals surface area contributed by atoms with E-state index in [1.54, 1.807) is 23.7 Å². The van der Waals surface area contributed by atoms with E-state index in [0.717, 1.165) is 33.1 Å². The Morgan fingerprint density at radius 2 is 1.63 bits per heavy atom. The summed E-state index contributed by atoms with van der Waals surface area (Å²) in [7, 11) is 0. The van der Waals surface area contributed by atoms with Crippen LogP contribution in [0, 0.1) is 0 Å². The van der Waals surface area contributed by atoms with E-state index in [4.69, 9.17) is 4.98 Å². The Balaban J connectivity index is 1.43. The Hall–Kier alpha value is -3.31. The lowest BCUT2D eigenvalue weighted by Crippen LogP contribution is -2.14. The van der Waals surface area contributed by atoms with E-state index in [0.29, 0.717) is 6.42 Å². The number of rotatable bonds is 5. The molecule has 0 saturated heterocycles. The minimum absolute atomic E-state index is 0.0254. The molecule has 4 rings (SSSR count). The van der Waals surface area contributed by atoms with Gasteiger partial charge in [0.05, 0.1) is 12.1 Å². The molecule has 2 aromatic carbocycles. The maximum absolute atomic E-state index is 12.2. The molecule has 0 unspecified atom stereocenters. The van der Waals surface area contributed by atoms with Gasteiger partial charge in [0.15, 0.2) is 0 Å². The average molecular weight is 371 g/mol. The summed E-state index contributed by atoms with van der Waals surface area (Å²) in [6.07, 6.45) is 3.88. The fourth-order valence-electron chi connectivity index (χ4n) is 2.74. The van der Waals surface area contributed by atoms with Crippen molar-refractivity contribution in [3.05, 3.63) is 90.1 Å². The number of thiazole rings is 1. The molecule has 2 heterocycles. The largest absolute Gasteiger partial charge is 0.326 e. The van der Waals surface area contributed by atoms with Crippen LogP contribution in [0.1, 0.15) is 5.56 Å². The minimum Gasteiger partial charge on any atom is -0.326 e. The first-order valence-corrected chi connectivity index (χ1v) is 9.46. The number of para-hydroxylation sites is 1. The van der Waals surface area contributed by atoms with Gasteiger partial charge < -0.3 is 5.32 Å². The number of anilines is 1. The van der Waals surface area contributed by atoms with Gasteiger partial charge >= 0.3 is 0 Å². The number of nitrogens with one attached hydrogen (secondary N) is 1. The van der Waals surface area contributed by atoms with E-state index in [2.05, 4.69) is 10.3 Å². The molecule has 0 aliphatic rings. The molecule has 0 bridgehead atoms. The predicted molar refractivity (Wildman–Crippen MR) is 110 cm³/mol. The summed E-state index contributed by atoms with van der Waals surface area (Å²) in [5, 5.41) is 5.92. The highest BCUT2D eigenvalue weighted by Gasteiger charge is 2.08. The van der Waals surface area contributed by atoms with E-state index in [1.807, 2.05) is 72.1 Å². The summed E-state index contributed by atoms with van der Waals surface area (Å²) in [6.45, 7) is 0. The number of carbonyl (C=O) groups is 1. The van der Waals surface area contributed by atoms with Crippen molar-refractivity contribution in [3.63, 3.8) is 0 Å². The van der Waals surface area contributed by atoms with E-state index in [1.165, 1.54) is 0 Å². The zero-order valence-corrected chi connectivity index (χ0v) is 15.3. The van der Waals surface area contributed by atoms with Crippen molar-refractivity contribution in [1.29, 1.82) is 0 Å². The number of amides is 1. The van der Waals surface area contributed by atoms with Crippen LogP contribution in [0.15, 0.2) is 84.5 Å². The first-order chi connectivity index (χ1) is 13.3. The first-order valence-electron chi connectivity index (χ1n) is 8.58. The predicted octanol–water partition coefficient (Wildman–Crippen LogP) is 5.05. The van der Waals surface area contributed by atoms with Gasteiger partial charge in [-0.25, -0.2) is 4.98 Å². The quantitative estimate of drug-likeness (QED) is 0.534. The molecule has 1 amide bonds. The summed E-state index contributed by atoms with van der Waals surface area (Å²) in [5.41, 5.74) is 4.82. The lowest BCUT2D eigenvalue weighted by atomic mass is 10.1. The molecule has 27 heavy (non-hydrogen) atoms. The van der Waals surface area contributed by atoms with Gasteiger partial charge in [-0.2, -0.15) is 0 Å². The smallest absolute Gasteiger partial charge is 0.228 e. The van der Waals surface area contributed by atoms with Gasteiger partial charge in [0.25, 0.3) is 0 Å². The standard InChI is InChI=1S/C22H17N3OS/c26-21(24-19-4-2-1-3-5-19)14-16-6-8-17(9-7-16)20-15-27-22(25-20)18-10-12-23-13-11-18/h1-13,15H,14H2,(H,24,26). The molecule has 0 spiro atoms. The molecule has 132 valence electrons. The molecule has 0 atom stereocenters. The first kappa shape index (κ1) is 17.1. The van der Waals surface area contributed by atoms with E-state index >= 15 is 0 Å². The third-order valence-corrected chi connectivity index (χ3v) is 4.99. The molecule has 1 N–H and O–H groups in total. The Morgan fingerprint density at radius 1 is 0.889 bits per heavy atom. The Morgan fingerprint density at radius 3 is 2.37 bits per heavy atom. The highest BCUT2D eigenvalue weighted by atomic mass is 32.1. The number of hydrogen-bond acceptors (Lipinski definition) is 4. The molecule has 0 aliphatic carbocycles. The van der Waals surface area contributed by atoms with Crippen molar-refractivity contribution in [2.24, 2.45) is 0 Å². The van der Waals surface area contributed by atoms with Crippen LogP contribution < -0.4 is 5.32 Å². The summed E-state index contributed by atoms with van der Waals surface area (Å²) < 4.78 is 0. The SMILES string of the molecule is O=C(Cc1ccc(-c2csc(-c3ccncc3)n2)cc1)Nc1ccccc1. The topological polar surface area (TPSA) is 54.9 Å². The molecule has 5 heteroatoms. The number of pyridine rings is 1. The molecule has 4 aromatic rings. The maximum atomic E-state index is 12.2. The van der Waals surface area contributed by atoms with Crippen molar-refractivity contribution in [1.82, 2.24) is 9.97 Å². The van der Waals surface area contributed by atoms with E-state index < -0.39 is 0 Å². The monoisotopic (exact) mass is 371 g/mol. The second-order valence-electron chi connectivity index (χ2n) is 6.06. The van der Waals surface area contributed by atoms with Crippen LogP contribution in [0.2, 0.25) is 0 Å². The molecule has 2 aromatic heterocycles. The zero-order chi connectivity index (χ0) is 18.5. The van der Waals surface area contributed by atoms with Gasteiger partial charge in [0.2, 0.25) is 5.91 Å². The van der Waals surface area contributed by atoms with E-state index in [9.17, 15) is 4.79 Å². The highest BCUT2D eigenvalue weighted by Crippen LogP contribution is 2.28. The van der Waals surface area contributed by atoms with Crippen molar-refractivity contribution in [2.75, 3.05) is 5.32 Å². The summed E-state index contributed by atoms with van der Waals surface area (Å²) in [4.78, 5) is 20.9. The van der Waals surface area contributed by atoms with Gasteiger partial charge in [-0.3, -0.25) is 9.78 Å². The number of hydrogen-bond donors (Lipinski definition) is 1. The van der Waals surface area contributed by atoms with Crippen LogP contribution in [0.3, 0.4) is 0 Å². The van der Waals surface area contributed by atoms with Crippen LogP contribution in [0.5, 0.6) is 0 Å². The average Bonchev–Trinajstić information content (AvgIpc) is 3.20. The molecular formula is C22H17N3OS. The number of nitrogens with zero attached hydrogens (tertiary/aromatic N) is 2. The van der Waals surface area contributed by atoms with Crippen molar-refractivity contribution in [2.45, 2.75) is 6.42 Å². The van der Waals surface area contributed by atoms with Crippen LogP contribution in [0.4, 0.5) is 5.69 Å². The highest BCUT2D eigenvalue weighted by molar-refractivity contribution is 7.13. The summed E-state index contributed by atoms with van der Waals surface area (Å²) in [5.74, 6) is -0.0254. The molecule has 0 saturated carbocycles. The lowest BCUT2D eigenvalue weighted by Gasteiger charge is -2.05. The fraction of sp³-hybridized carbons (Fsp3) is 0.0455. The van der Waals surface area contributed by atoms with Crippen LogP contribution in [-0.2, 0) is 11.2 Å². The summed E-state index contributed by atoms with van der Waals surface area (Å²) in [6, 6.07) is 21.4. The second-order valence-corrected chi connectivity index (χ2v) is 6.92. The molecular weight excluding hydrogens is 354 g/mol. The second kappa shape index (κ2) is 7.93. The third-order valence-electron chi connectivity index (χ3n) is 4.10. The zero-order valence-electron chi connectivity index (χ0n) is 14.5. The van der Waals surface area contributed by atoms with Crippen molar-refractivity contribution >= 4 is 22.9 Å². The van der Waals surface area contributed by atoms with Gasteiger partial charge in [-0.15, -0.1) is 11.3 Å². The van der Waals surface area contributed by atoms with Gasteiger partial charge in [0.1, 0.15) is 5.01 Å². The maximum Gasteiger partial charge on any atom is 0.228 e. The number of aromatic nitrogens is 2. The Kier molecular flexibility index (Phi) is 5.03.